The number of carbonyl (C=O) groups excluding carboxylic acids is 1. The van der Waals surface area contributed by atoms with E-state index in [1.165, 1.54) is 16.4 Å². The van der Waals surface area contributed by atoms with Crippen molar-refractivity contribution in [3.05, 3.63) is 62.7 Å². The van der Waals surface area contributed by atoms with E-state index in [-0.39, 0.29) is 22.0 Å². The van der Waals surface area contributed by atoms with Crippen molar-refractivity contribution < 1.29 is 18.1 Å². The predicted molar refractivity (Wildman–Crippen MR) is 112 cm³/mol. The van der Waals surface area contributed by atoms with Crippen molar-refractivity contribution in [2.45, 2.75) is 26.2 Å². The average Bonchev–Trinajstić information content (AvgIpc) is 2.67. The van der Waals surface area contributed by atoms with E-state index in [4.69, 9.17) is 11.6 Å². The lowest BCUT2D eigenvalue weighted by Crippen LogP contribution is -2.37. The molecule has 2 aromatic rings. The second-order valence-corrected chi connectivity index (χ2v) is 9.13. The summed E-state index contributed by atoms with van der Waals surface area (Å²) >= 11 is 6.02. The van der Waals surface area contributed by atoms with E-state index >= 15 is 0 Å². The molecule has 0 fully saturated rings. The van der Waals surface area contributed by atoms with Crippen LogP contribution in [-0.4, -0.2) is 31.5 Å². The highest BCUT2D eigenvalue weighted by Gasteiger charge is 2.27. The van der Waals surface area contributed by atoms with Gasteiger partial charge in [-0.2, -0.15) is 0 Å². The minimum atomic E-state index is -3.38. The van der Waals surface area contributed by atoms with E-state index in [2.05, 4.69) is 5.32 Å². The van der Waals surface area contributed by atoms with Gasteiger partial charge in [-0.1, -0.05) is 18.5 Å². The monoisotopic (exact) mass is 437 g/mol. The Hall–Kier alpha value is -2.65. The Morgan fingerprint density at radius 1 is 1.28 bits per heavy atom. The van der Waals surface area contributed by atoms with Crippen LogP contribution in [0.3, 0.4) is 0 Å². The molecule has 8 nitrogen and oxygen atoms in total. The third-order valence-corrected chi connectivity index (χ3v) is 6.92. The Morgan fingerprint density at radius 3 is 2.72 bits per heavy atom. The second-order valence-electron chi connectivity index (χ2n) is 6.71. The van der Waals surface area contributed by atoms with Gasteiger partial charge in [0.1, 0.15) is 0 Å². The number of halogens is 1. The normalized spacial score (nSPS) is 13.7. The van der Waals surface area contributed by atoms with Gasteiger partial charge in [0.2, 0.25) is 10.0 Å². The molecule has 2 aromatic carbocycles. The zero-order valence-corrected chi connectivity index (χ0v) is 17.3. The van der Waals surface area contributed by atoms with Crippen LogP contribution in [0.2, 0.25) is 5.02 Å². The van der Waals surface area contributed by atoms with Crippen LogP contribution < -0.4 is 9.62 Å². The van der Waals surface area contributed by atoms with Crippen LogP contribution in [-0.2, 0) is 16.4 Å². The number of nitro groups is 1. The lowest BCUT2D eigenvalue weighted by atomic mass is 10.0. The standard InChI is InChI=1S/C19H20ClN3O5S/c1-2-10-29(27,28)22-9-3-4-13-11-14(5-8-18(13)22)21-19(24)16-12-15(23(25)26)6-7-17(16)20/h5-8,11-12H,2-4,9-10H2,1H3,(H,21,24). The summed E-state index contributed by atoms with van der Waals surface area (Å²) in [6, 6.07) is 8.66. The third kappa shape index (κ3) is 4.51. The summed E-state index contributed by atoms with van der Waals surface area (Å²) in [5.74, 6) is -0.499. The minimum absolute atomic E-state index is 0.00858. The van der Waals surface area contributed by atoms with Crippen LogP contribution in [0.1, 0.15) is 35.7 Å². The fraction of sp³-hybridized carbons (Fsp3) is 0.316. The summed E-state index contributed by atoms with van der Waals surface area (Å²) in [5, 5.41) is 13.7. The number of non-ortho nitro benzene ring substituents is 1. The maximum Gasteiger partial charge on any atom is 0.270 e. The van der Waals surface area contributed by atoms with Gasteiger partial charge < -0.3 is 5.32 Å². The van der Waals surface area contributed by atoms with Crippen molar-refractivity contribution in [3.63, 3.8) is 0 Å². The Balaban J connectivity index is 1.86. The average molecular weight is 438 g/mol. The first-order chi connectivity index (χ1) is 13.7. The number of aryl methyl sites for hydroxylation is 1. The van der Waals surface area contributed by atoms with Gasteiger partial charge in [0.15, 0.2) is 0 Å². The molecule has 0 aliphatic carbocycles. The van der Waals surface area contributed by atoms with Gasteiger partial charge >= 0.3 is 0 Å². The molecule has 1 N–H and O–H groups in total. The Morgan fingerprint density at radius 2 is 2.03 bits per heavy atom. The zero-order chi connectivity index (χ0) is 21.2. The molecule has 1 amide bonds. The summed E-state index contributed by atoms with van der Waals surface area (Å²) in [5.41, 5.74) is 1.66. The van der Waals surface area contributed by atoms with Crippen molar-refractivity contribution in [3.8, 4) is 0 Å². The number of hydrogen-bond acceptors (Lipinski definition) is 5. The molecule has 0 saturated carbocycles. The van der Waals surface area contributed by atoms with Gasteiger partial charge in [-0.25, -0.2) is 8.42 Å². The van der Waals surface area contributed by atoms with Crippen molar-refractivity contribution in [2.24, 2.45) is 0 Å². The molecule has 1 aliphatic heterocycles. The molecule has 10 heteroatoms. The van der Waals surface area contributed by atoms with Gasteiger partial charge in [-0.05, 0) is 49.1 Å². The lowest BCUT2D eigenvalue weighted by Gasteiger charge is -2.30. The number of carbonyl (C=O) groups is 1. The van der Waals surface area contributed by atoms with Crippen LogP contribution >= 0.6 is 11.6 Å². The summed E-state index contributed by atoms with van der Waals surface area (Å²) in [7, 11) is -3.38. The molecule has 0 saturated heterocycles. The summed E-state index contributed by atoms with van der Waals surface area (Å²) in [4.78, 5) is 22.9. The van der Waals surface area contributed by atoms with E-state index in [1.54, 1.807) is 18.2 Å². The van der Waals surface area contributed by atoms with E-state index in [9.17, 15) is 23.3 Å². The molecular weight excluding hydrogens is 418 g/mol. The van der Waals surface area contributed by atoms with Gasteiger partial charge in [0.05, 0.1) is 26.9 Å². The first-order valence-electron chi connectivity index (χ1n) is 9.11. The molecule has 1 aliphatic rings. The van der Waals surface area contributed by atoms with E-state index in [0.717, 1.165) is 11.6 Å². The molecule has 0 spiro atoms. The largest absolute Gasteiger partial charge is 0.322 e. The Bertz CT molecular complexity index is 1070. The molecule has 0 aromatic heterocycles. The Labute approximate surface area is 173 Å². The van der Waals surface area contributed by atoms with Gasteiger partial charge in [-0.15, -0.1) is 0 Å². The van der Waals surface area contributed by atoms with E-state index in [1.807, 2.05) is 6.92 Å². The van der Waals surface area contributed by atoms with Crippen molar-refractivity contribution in [1.29, 1.82) is 0 Å². The Kier molecular flexibility index (Phi) is 6.09. The van der Waals surface area contributed by atoms with Crippen LogP contribution in [0.15, 0.2) is 36.4 Å². The fourth-order valence-corrected chi connectivity index (χ4v) is 5.12. The lowest BCUT2D eigenvalue weighted by molar-refractivity contribution is -0.384. The molecular formula is C19H20ClN3O5S. The number of hydrogen-bond donors (Lipinski definition) is 1. The number of rotatable bonds is 6. The maximum atomic E-state index is 12.6. The number of nitro benzene ring substituents is 1. The molecule has 29 heavy (non-hydrogen) atoms. The van der Waals surface area contributed by atoms with Crippen molar-refractivity contribution in [1.82, 2.24) is 0 Å². The number of amides is 1. The smallest absolute Gasteiger partial charge is 0.270 e. The molecule has 0 atom stereocenters. The first-order valence-corrected chi connectivity index (χ1v) is 11.1. The van der Waals surface area contributed by atoms with Gasteiger partial charge in [-0.3, -0.25) is 19.2 Å². The second kappa shape index (κ2) is 8.38. The number of benzene rings is 2. The van der Waals surface area contributed by atoms with Crippen LogP contribution in [0.25, 0.3) is 0 Å². The SMILES string of the molecule is CCCS(=O)(=O)N1CCCc2cc(NC(=O)c3cc([N+](=O)[O-])ccc3Cl)ccc21. The summed E-state index contributed by atoms with van der Waals surface area (Å²) in [6.45, 7) is 2.25. The molecule has 1 heterocycles. The quantitative estimate of drug-likeness (QED) is 0.542. The summed E-state index contributed by atoms with van der Waals surface area (Å²) in [6.07, 6.45) is 1.91. The highest BCUT2D eigenvalue weighted by atomic mass is 35.5. The topological polar surface area (TPSA) is 110 Å². The highest BCUT2D eigenvalue weighted by Crippen LogP contribution is 2.32. The number of sulfonamides is 1. The van der Waals surface area contributed by atoms with Crippen LogP contribution in [0.4, 0.5) is 17.1 Å². The van der Waals surface area contributed by atoms with Crippen LogP contribution in [0.5, 0.6) is 0 Å². The minimum Gasteiger partial charge on any atom is -0.322 e. The van der Waals surface area contributed by atoms with Gasteiger partial charge in [0, 0.05) is 24.4 Å². The van der Waals surface area contributed by atoms with Crippen molar-refractivity contribution in [2.75, 3.05) is 21.9 Å². The molecule has 3 rings (SSSR count). The first kappa shape index (κ1) is 21.1. The fourth-order valence-electron chi connectivity index (χ4n) is 3.30. The number of anilines is 2. The van der Waals surface area contributed by atoms with E-state index in [0.29, 0.717) is 37.2 Å². The number of nitrogens with one attached hydrogen (secondary N) is 1. The molecule has 0 bridgehead atoms. The molecule has 154 valence electrons. The predicted octanol–water partition coefficient (Wildman–Crippen LogP) is 3.99. The maximum absolute atomic E-state index is 12.6. The highest BCUT2D eigenvalue weighted by molar-refractivity contribution is 7.92. The molecule has 0 unspecified atom stereocenters. The third-order valence-electron chi connectivity index (χ3n) is 4.62. The van der Waals surface area contributed by atoms with Gasteiger partial charge in [0.25, 0.3) is 11.6 Å². The zero-order valence-electron chi connectivity index (χ0n) is 15.7. The van der Waals surface area contributed by atoms with E-state index < -0.39 is 20.9 Å². The van der Waals surface area contributed by atoms with Crippen LogP contribution in [0, 0.1) is 10.1 Å². The molecule has 0 radical (unpaired) electrons. The summed E-state index contributed by atoms with van der Waals surface area (Å²) < 4.78 is 26.4. The number of nitrogens with zero attached hydrogens (tertiary/aromatic N) is 2. The number of fused-ring (bicyclic) bond motifs is 1. The van der Waals surface area contributed by atoms with Crippen molar-refractivity contribution >= 4 is 44.6 Å².